The molecule has 12 nitrogen and oxygen atoms in total. The summed E-state index contributed by atoms with van der Waals surface area (Å²) in [5.41, 5.74) is 0.720. The van der Waals surface area contributed by atoms with Gasteiger partial charge in [0.15, 0.2) is 0 Å². The largest absolute Gasteiger partial charge is 0.469 e. The lowest BCUT2D eigenvalue weighted by Gasteiger charge is -2.61. The molecule has 4 fully saturated rings. The predicted molar refractivity (Wildman–Crippen MR) is 207 cm³/mol. The number of nitrogens with zero attached hydrogens (tertiary/aromatic N) is 3. The minimum atomic E-state index is -0.833. The highest BCUT2D eigenvalue weighted by atomic mass is 16.6. The highest BCUT2D eigenvalue weighted by Crippen LogP contribution is 2.69. The number of hydrogen-bond acceptors (Lipinski definition) is 8. The van der Waals surface area contributed by atoms with E-state index in [1.165, 1.54) is 52.1 Å². The Bertz CT molecular complexity index is 1490. The van der Waals surface area contributed by atoms with Crippen molar-refractivity contribution in [2.45, 2.75) is 170 Å². The van der Waals surface area contributed by atoms with Crippen molar-refractivity contribution in [1.82, 2.24) is 30.9 Å². The van der Waals surface area contributed by atoms with E-state index in [1.54, 1.807) is 27.7 Å². The first-order valence-electron chi connectivity index (χ1n) is 20.9. The Morgan fingerprint density at radius 3 is 2.33 bits per heavy atom. The van der Waals surface area contributed by atoms with Crippen LogP contribution in [0.15, 0.2) is 6.20 Å². The lowest BCUT2D eigenvalue weighted by Crippen LogP contribution is -2.55. The molecule has 0 aromatic carbocycles. The summed E-state index contributed by atoms with van der Waals surface area (Å²) in [5.74, 6) is 3.26. The smallest absolute Gasteiger partial charge is 0.408 e. The summed E-state index contributed by atoms with van der Waals surface area (Å²) in [4.78, 5) is 50.5. The van der Waals surface area contributed by atoms with Gasteiger partial charge in [0.1, 0.15) is 23.4 Å². The molecule has 0 saturated heterocycles. The molecule has 12 atom stereocenters. The molecule has 4 aliphatic rings. The summed E-state index contributed by atoms with van der Waals surface area (Å²) in [6.07, 6.45) is 14.7. The topological polar surface area (TPSA) is 154 Å². The van der Waals surface area contributed by atoms with Gasteiger partial charge >= 0.3 is 12.1 Å². The van der Waals surface area contributed by atoms with Crippen molar-refractivity contribution in [1.29, 1.82) is 0 Å². The SMILES string of the molecule is CC[C@H](C)[C@H](NC(=O)OC(C)(C)C)C(=O)N[C@@H](C)C(=O)NCc1cn([C@@H]2CC[C@@]3(C)[C@H](CC[C@@H]4[C@@H]3CC[C@]3(C)[C@@H]([C@H](C)CCC(=O)OC)CC[C@@H]43)C2)nn1. The second kappa shape index (κ2) is 16.9. The molecule has 0 bridgehead atoms. The predicted octanol–water partition coefficient (Wildman–Crippen LogP) is 7.13. The number of nitrogens with one attached hydrogen (secondary N) is 3. The van der Waals surface area contributed by atoms with E-state index in [0.29, 0.717) is 53.2 Å². The third-order valence-corrected chi connectivity index (χ3v) is 14.7. The maximum Gasteiger partial charge on any atom is 0.408 e. The fourth-order valence-corrected chi connectivity index (χ4v) is 11.5. The first-order valence-corrected chi connectivity index (χ1v) is 20.9. The molecule has 54 heavy (non-hydrogen) atoms. The highest BCUT2D eigenvalue weighted by molar-refractivity contribution is 5.91. The van der Waals surface area contributed by atoms with Gasteiger partial charge in [-0.3, -0.25) is 14.4 Å². The Balaban J connectivity index is 1.12. The lowest BCUT2D eigenvalue weighted by molar-refractivity contribution is -0.141. The lowest BCUT2D eigenvalue weighted by atomic mass is 9.44. The second-order valence-electron chi connectivity index (χ2n) is 19.1. The van der Waals surface area contributed by atoms with E-state index >= 15 is 0 Å². The molecule has 4 saturated carbocycles. The van der Waals surface area contributed by atoms with Crippen molar-refractivity contribution in [3.63, 3.8) is 0 Å². The molecule has 0 radical (unpaired) electrons. The zero-order chi connectivity index (χ0) is 39.6. The number of hydrogen-bond donors (Lipinski definition) is 3. The molecule has 0 unspecified atom stereocenters. The Morgan fingerprint density at radius 2 is 1.65 bits per heavy atom. The van der Waals surface area contributed by atoms with E-state index in [9.17, 15) is 19.2 Å². The average molecular weight is 755 g/mol. The highest BCUT2D eigenvalue weighted by Gasteiger charge is 2.60. The van der Waals surface area contributed by atoms with Crippen LogP contribution in [0.2, 0.25) is 0 Å². The molecule has 0 spiro atoms. The van der Waals surface area contributed by atoms with Crippen LogP contribution in [0, 0.1) is 52.3 Å². The Hall–Kier alpha value is -3.18. The van der Waals surface area contributed by atoms with Crippen LogP contribution in [-0.4, -0.2) is 63.7 Å². The van der Waals surface area contributed by atoms with Crippen molar-refractivity contribution in [2.24, 2.45) is 52.3 Å². The normalized spacial score (nSPS) is 32.8. The minimum Gasteiger partial charge on any atom is -0.469 e. The van der Waals surface area contributed by atoms with E-state index in [0.717, 1.165) is 37.0 Å². The number of ether oxygens (including phenoxy) is 2. The van der Waals surface area contributed by atoms with Crippen LogP contribution >= 0.6 is 0 Å². The van der Waals surface area contributed by atoms with Gasteiger partial charge in [0.25, 0.3) is 0 Å². The molecule has 3 amide bonds. The summed E-state index contributed by atoms with van der Waals surface area (Å²) in [6, 6.07) is -1.35. The summed E-state index contributed by atoms with van der Waals surface area (Å²) >= 11 is 0. The number of alkyl carbamates (subject to hydrolysis) is 1. The molecule has 1 heterocycles. The maximum absolute atomic E-state index is 13.2. The van der Waals surface area contributed by atoms with E-state index in [1.807, 2.05) is 24.7 Å². The van der Waals surface area contributed by atoms with Gasteiger partial charge in [0, 0.05) is 6.42 Å². The molecule has 3 N–H and O–H groups in total. The van der Waals surface area contributed by atoms with Crippen LogP contribution in [0.1, 0.15) is 151 Å². The average Bonchev–Trinajstić information content (AvgIpc) is 3.74. The van der Waals surface area contributed by atoms with Crippen molar-refractivity contribution < 1.29 is 28.7 Å². The number of amides is 3. The first-order chi connectivity index (χ1) is 25.4. The van der Waals surface area contributed by atoms with E-state index in [-0.39, 0.29) is 24.3 Å². The van der Waals surface area contributed by atoms with Gasteiger partial charge in [-0.25, -0.2) is 9.48 Å². The molecule has 12 heteroatoms. The second-order valence-corrected chi connectivity index (χ2v) is 19.1. The van der Waals surface area contributed by atoms with Gasteiger partial charge in [-0.05, 0) is 144 Å². The standard InChI is InChI=1S/C42H70N6O6/c1-11-25(2)36(45-39(52)54-40(5,6)7)38(51)44-27(4)37(50)43-23-29-24-48(47-46-29)30-18-20-41(8)28(22-30)13-14-31-33-16-15-32(26(3)12-17-35(49)53-10)42(33,9)21-19-34(31)41/h24-28,30-34,36H,11-23H2,1-10H3,(H,43,50)(H,44,51)(H,45,52)/t25-,26+,27-,28+,30+,31-,32+,33-,34-,36-,41-,42+/m0/s1. The third-order valence-electron chi connectivity index (χ3n) is 14.7. The number of fused-ring (bicyclic) bond motifs is 5. The molecule has 1 aromatic heterocycles. The molecule has 304 valence electrons. The fourth-order valence-electron chi connectivity index (χ4n) is 11.5. The summed E-state index contributed by atoms with van der Waals surface area (Å²) in [6.45, 7) is 18.5. The maximum atomic E-state index is 13.2. The van der Waals surface area contributed by atoms with Crippen molar-refractivity contribution in [3.8, 4) is 0 Å². The van der Waals surface area contributed by atoms with Gasteiger partial charge in [-0.2, -0.15) is 0 Å². The quantitative estimate of drug-likeness (QED) is 0.180. The van der Waals surface area contributed by atoms with Gasteiger partial charge in [-0.1, -0.05) is 46.3 Å². The van der Waals surface area contributed by atoms with Crippen molar-refractivity contribution in [2.75, 3.05) is 7.11 Å². The van der Waals surface area contributed by atoms with Gasteiger partial charge in [-0.15, -0.1) is 5.10 Å². The Morgan fingerprint density at radius 1 is 0.944 bits per heavy atom. The summed E-state index contributed by atoms with van der Waals surface area (Å²) < 4.78 is 12.3. The zero-order valence-electron chi connectivity index (χ0n) is 34.8. The van der Waals surface area contributed by atoms with Crippen LogP contribution in [0.4, 0.5) is 4.79 Å². The molecular weight excluding hydrogens is 684 g/mol. The number of esters is 1. The number of aromatic nitrogens is 3. The van der Waals surface area contributed by atoms with Crippen LogP contribution in [0.5, 0.6) is 0 Å². The van der Waals surface area contributed by atoms with Crippen LogP contribution in [0.3, 0.4) is 0 Å². The number of carbonyl (C=O) groups is 4. The van der Waals surface area contributed by atoms with Gasteiger partial charge in [0.05, 0.1) is 25.9 Å². The molecule has 0 aliphatic heterocycles. The van der Waals surface area contributed by atoms with E-state index < -0.39 is 29.7 Å². The molecule has 1 aromatic rings. The van der Waals surface area contributed by atoms with E-state index in [2.05, 4.69) is 47.0 Å². The number of carbonyl (C=O) groups excluding carboxylic acids is 4. The monoisotopic (exact) mass is 755 g/mol. The van der Waals surface area contributed by atoms with Crippen LogP contribution in [0.25, 0.3) is 0 Å². The van der Waals surface area contributed by atoms with Crippen molar-refractivity contribution in [3.05, 3.63) is 11.9 Å². The fraction of sp³-hybridized carbons (Fsp3) is 0.857. The molecular formula is C42H70N6O6. The number of rotatable bonds is 13. The van der Waals surface area contributed by atoms with Gasteiger partial charge < -0.3 is 25.4 Å². The zero-order valence-corrected chi connectivity index (χ0v) is 34.8. The van der Waals surface area contributed by atoms with E-state index in [4.69, 9.17) is 9.47 Å². The Kier molecular flexibility index (Phi) is 13.1. The Labute approximate surface area is 323 Å². The van der Waals surface area contributed by atoms with Gasteiger partial charge in [0.2, 0.25) is 11.8 Å². The number of methoxy groups -OCH3 is 1. The van der Waals surface area contributed by atoms with Crippen molar-refractivity contribution >= 4 is 23.9 Å². The minimum absolute atomic E-state index is 0.0864. The van der Waals surface area contributed by atoms with Crippen LogP contribution < -0.4 is 16.0 Å². The summed E-state index contributed by atoms with van der Waals surface area (Å²) in [7, 11) is 1.49. The van der Waals surface area contributed by atoms with Crippen LogP contribution in [-0.2, 0) is 30.4 Å². The third kappa shape index (κ3) is 9.09. The summed E-state index contributed by atoms with van der Waals surface area (Å²) in [5, 5.41) is 17.3. The molecule has 5 rings (SSSR count). The molecule has 4 aliphatic carbocycles. The first kappa shape index (κ1) is 42.0.